The molecule has 6 nitrogen and oxygen atoms in total. The number of likely N-dealkylation sites (N-methyl/N-ethyl adjacent to an activating group) is 2. The van der Waals surface area contributed by atoms with Crippen LogP contribution in [0.4, 0.5) is 22.7 Å². The lowest BCUT2D eigenvalue weighted by Crippen LogP contribution is -2.33. The van der Waals surface area contributed by atoms with Crippen molar-refractivity contribution in [2.75, 3.05) is 48.0 Å². The van der Waals surface area contributed by atoms with Crippen LogP contribution >= 0.6 is 23.8 Å². The number of anilines is 4. The summed E-state index contributed by atoms with van der Waals surface area (Å²) in [5.41, 5.74) is 3.45. The van der Waals surface area contributed by atoms with Gasteiger partial charge in [-0.2, -0.15) is 0 Å². The number of likely N-dealkylation sites (tertiary alicyclic amines) is 1. The highest BCUT2D eigenvalue weighted by molar-refractivity contribution is 7.80. The molecule has 1 atom stereocenters. The molecule has 1 saturated heterocycles. The molecule has 1 fully saturated rings. The molecule has 1 unspecified atom stereocenters. The van der Waals surface area contributed by atoms with Gasteiger partial charge in [0.15, 0.2) is 5.11 Å². The zero-order valence-electron chi connectivity index (χ0n) is 16.8. The van der Waals surface area contributed by atoms with Crippen LogP contribution in [-0.2, 0) is 4.79 Å². The van der Waals surface area contributed by atoms with E-state index in [1.807, 2.05) is 36.4 Å². The van der Waals surface area contributed by atoms with Gasteiger partial charge in [-0.05, 0) is 74.7 Å². The van der Waals surface area contributed by atoms with E-state index in [4.69, 9.17) is 23.8 Å². The fourth-order valence-corrected chi connectivity index (χ4v) is 3.89. The number of nitrogens with one attached hydrogen (secondary N) is 3. The van der Waals surface area contributed by atoms with E-state index in [1.165, 1.54) is 6.92 Å². The average molecular weight is 432 g/mol. The Morgan fingerprint density at radius 2 is 1.72 bits per heavy atom. The van der Waals surface area contributed by atoms with Crippen LogP contribution in [0, 0.1) is 0 Å². The van der Waals surface area contributed by atoms with Crippen molar-refractivity contribution in [2.24, 2.45) is 0 Å². The first-order valence-corrected chi connectivity index (χ1v) is 10.3. The molecule has 1 aliphatic heterocycles. The van der Waals surface area contributed by atoms with Gasteiger partial charge in [0.25, 0.3) is 0 Å². The van der Waals surface area contributed by atoms with Gasteiger partial charge in [-0.1, -0.05) is 11.6 Å². The summed E-state index contributed by atoms with van der Waals surface area (Å²) in [7, 11) is 4.25. The van der Waals surface area contributed by atoms with E-state index in [2.05, 4.69) is 45.9 Å². The molecule has 0 aliphatic carbocycles. The Hall–Kier alpha value is -2.35. The Morgan fingerprint density at radius 3 is 2.31 bits per heavy atom. The Morgan fingerprint density at radius 1 is 1.10 bits per heavy atom. The summed E-state index contributed by atoms with van der Waals surface area (Å²) in [5, 5.41) is 10.2. The van der Waals surface area contributed by atoms with E-state index in [1.54, 1.807) is 0 Å². The smallest absolute Gasteiger partial charge is 0.221 e. The SMILES string of the molecule is CC(=O)Nc1ccc(NC(=S)Nc2cc(Cl)cc(N(C)C3CCN(C)C3)c2)cc1. The monoisotopic (exact) mass is 431 g/mol. The number of benzene rings is 2. The first-order chi connectivity index (χ1) is 13.8. The molecule has 1 aliphatic rings. The maximum atomic E-state index is 11.1. The van der Waals surface area contributed by atoms with Crippen LogP contribution in [0.15, 0.2) is 42.5 Å². The highest BCUT2D eigenvalue weighted by Crippen LogP contribution is 2.28. The van der Waals surface area contributed by atoms with Crippen LogP contribution in [0.5, 0.6) is 0 Å². The highest BCUT2D eigenvalue weighted by atomic mass is 35.5. The third kappa shape index (κ3) is 6.06. The molecule has 1 amide bonds. The van der Waals surface area contributed by atoms with Crippen molar-refractivity contribution in [3.05, 3.63) is 47.5 Å². The second-order valence-electron chi connectivity index (χ2n) is 7.35. The summed E-state index contributed by atoms with van der Waals surface area (Å²) in [6.07, 6.45) is 1.14. The number of nitrogens with zero attached hydrogens (tertiary/aromatic N) is 2. The molecule has 3 N–H and O–H groups in total. The fraction of sp³-hybridized carbons (Fsp3) is 0.333. The molecule has 0 bridgehead atoms. The molecule has 29 heavy (non-hydrogen) atoms. The molecule has 154 valence electrons. The Kier molecular flexibility index (Phi) is 6.95. The second kappa shape index (κ2) is 9.43. The molecule has 0 saturated carbocycles. The summed E-state index contributed by atoms with van der Waals surface area (Å²) in [5.74, 6) is -0.103. The van der Waals surface area contributed by atoms with Crippen molar-refractivity contribution in [1.82, 2.24) is 4.90 Å². The van der Waals surface area contributed by atoms with Crippen LogP contribution in [0.3, 0.4) is 0 Å². The van der Waals surface area contributed by atoms with Gasteiger partial charge in [0.2, 0.25) is 5.91 Å². The zero-order chi connectivity index (χ0) is 21.0. The van der Waals surface area contributed by atoms with Crippen molar-refractivity contribution < 1.29 is 4.79 Å². The number of carbonyl (C=O) groups is 1. The number of hydrogen-bond donors (Lipinski definition) is 3. The first-order valence-electron chi connectivity index (χ1n) is 9.48. The van der Waals surface area contributed by atoms with E-state index in [0.717, 1.165) is 42.3 Å². The lowest BCUT2D eigenvalue weighted by Gasteiger charge is -2.27. The Balaban J connectivity index is 1.64. The van der Waals surface area contributed by atoms with E-state index >= 15 is 0 Å². The van der Waals surface area contributed by atoms with Crippen LogP contribution in [0.2, 0.25) is 5.02 Å². The van der Waals surface area contributed by atoms with Crippen molar-refractivity contribution in [3.63, 3.8) is 0 Å². The summed E-state index contributed by atoms with van der Waals surface area (Å²) in [6.45, 7) is 3.63. The summed E-state index contributed by atoms with van der Waals surface area (Å²) < 4.78 is 0. The quantitative estimate of drug-likeness (QED) is 0.615. The number of amides is 1. The third-order valence-electron chi connectivity index (χ3n) is 4.93. The van der Waals surface area contributed by atoms with Gasteiger partial charge < -0.3 is 25.8 Å². The summed E-state index contributed by atoms with van der Waals surface area (Å²) in [6, 6.07) is 13.7. The molecule has 2 aromatic carbocycles. The number of thiocarbonyl (C=S) groups is 1. The van der Waals surface area contributed by atoms with Gasteiger partial charge in [-0.25, -0.2) is 0 Å². The second-order valence-corrected chi connectivity index (χ2v) is 8.20. The highest BCUT2D eigenvalue weighted by Gasteiger charge is 2.23. The largest absolute Gasteiger partial charge is 0.370 e. The Labute approximate surface area is 182 Å². The van der Waals surface area contributed by atoms with Crippen molar-refractivity contribution in [2.45, 2.75) is 19.4 Å². The maximum Gasteiger partial charge on any atom is 0.221 e. The molecule has 0 aromatic heterocycles. The van der Waals surface area contributed by atoms with Gasteiger partial charge in [0, 0.05) is 54.3 Å². The normalized spacial score (nSPS) is 16.3. The summed E-state index contributed by atoms with van der Waals surface area (Å²) >= 11 is 11.8. The molecule has 2 aromatic rings. The number of rotatable bonds is 5. The minimum absolute atomic E-state index is 0.103. The molecular formula is C21H26ClN5OS. The van der Waals surface area contributed by atoms with Crippen molar-refractivity contribution >= 4 is 57.6 Å². The average Bonchev–Trinajstić information content (AvgIpc) is 3.08. The standard InChI is InChI=1S/C21H26ClN5OS/c1-14(28)23-16-4-6-17(7-5-16)24-21(29)25-18-10-15(22)11-20(12-18)27(3)19-8-9-26(2)13-19/h4-7,10-12,19H,8-9,13H2,1-3H3,(H,23,28)(H2,24,25,29). The van der Waals surface area contributed by atoms with E-state index in [-0.39, 0.29) is 5.91 Å². The van der Waals surface area contributed by atoms with E-state index in [0.29, 0.717) is 16.2 Å². The van der Waals surface area contributed by atoms with Crippen LogP contribution in [0.1, 0.15) is 13.3 Å². The van der Waals surface area contributed by atoms with Gasteiger partial charge >= 0.3 is 0 Å². The van der Waals surface area contributed by atoms with Gasteiger partial charge in [0.1, 0.15) is 0 Å². The lowest BCUT2D eigenvalue weighted by molar-refractivity contribution is -0.114. The van der Waals surface area contributed by atoms with Crippen LogP contribution in [-0.4, -0.2) is 49.1 Å². The third-order valence-corrected chi connectivity index (χ3v) is 5.35. The fourth-order valence-electron chi connectivity index (χ4n) is 3.42. The molecule has 3 rings (SSSR count). The number of carbonyl (C=O) groups excluding carboxylic acids is 1. The van der Waals surface area contributed by atoms with E-state index < -0.39 is 0 Å². The predicted octanol–water partition coefficient (Wildman–Crippen LogP) is 4.25. The number of halogens is 1. The topological polar surface area (TPSA) is 59.6 Å². The zero-order valence-corrected chi connectivity index (χ0v) is 18.4. The van der Waals surface area contributed by atoms with Gasteiger partial charge in [-0.3, -0.25) is 4.79 Å². The number of hydrogen-bond acceptors (Lipinski definition) is 4. The minimum atomic E-state index is -0.103. The molecule has 0 spiro atoms. The predicted molar refractivity (Wildman–Crippen MR) is 126 cm³/mol. The van der Waals surface area contributed by atoms with Crippen LogP contribution in [0.25, 0.3) is 0 Å². The molecule has 8 heteroatoms. The maximum absolute atomic E-state index is 11.1. The Bertz CT molecular complexity index is 889. The van der Waals surface area contributed by atoms with Crippen LogP contribution < -0.4 is 20.9 Å². The lowest BCUT2D eigenvalue weighted by atomic mass is 10.2. The van der Waals surface area contributed by atoms with Crippen molar-refractivity contribution in [1.29, 1.82) is 0 Å². The van der Waals surface area contributed by atoms with Gasteiger partial charge in [0.05, 0.1) is 0 Å². The first kappa shape index (κ1) is 21.4. The molecule has 0 radical (unpaired) electrons. The minimum Gasteiger partial charge on any atom is -0.370 e. The van der Waals surface area contributed by atoms with Crippen molar-refractivity contribution in [3.8, 4) is 0 Å². The molecule has 1 heterocycles. The van der Waals surface area contributed by atoms with E-state index in [9.17, 15) is 4.79 Å². The summed E-state index contributed by atoms with van der Waals surface area (Å²) in [4.78, 5) is 15.7. The van der Waals surface area contributed by atoms with Gasteiger partial charge in [-0.15, -0.1) is 0 Å². The molecular weight excluding hydrogens is 406 g/mol.